The highest BCUT2D eigenvalue weighted by Crippen LogP contribution is 2.35. The van der Waals surface area contributed by atoms with Gasteiger partial charge in [0.15, 0.2) is 5.82 Å². The normalized spacial score (nSPS) is 14.1. The van der Waals surface area contributed by atoms with Gasteiger partial charge < -0.3 is 14.7 Å². The van der Waals surface area contributed by atoms with Crippen LogP contribution >= 0.6 is 11.3 Å². The Kier molecular flexibility index (Phi) is 5.19. The van der Waals surface area contributed by atoms with Crippen molar-refractivity contribution in [2.24, 2.45) is 0 Å². The van der Waals surface area contributed by atoms with E-state index in [9.17, 15) is 4.79 Å². The van der Waals surface area contributed by atoms with Gasteiger partial charge in [0.2, 0.25) is 5.89 Å². The van der Waals surface area contributed by atoms with E-state index in [1.165, 1.54) is 6.42 Å². The van der Waals surface area contributed by atoms with E-state index in [2.05, 4.69) is 25.7 Å². The number of carbonyl (C=O) groups is 1. The van der Waals surface area contributed by atoms with E-state index in [-0.39, 0.29) is 6.03 Å². The van der Waals surface area contributed by atoms with E-state index in [0.29, 0.717) is 31.3 Å². The first-order valence-electron chi connectivity index (χ1n) is 9.08. The van der Waals surface area contributed by atoms with Crippen LogP contribution in [0.5, 0.6) is 0 Å². The van der Waals surface area contributed by atoms with Crippen molar-refractivity contribution < 1.29 is 9.32 Å². The lowest BCUT2D eigenvalue weighted by molar-refractivity contribution is 0.206. The smallest absolute Gasteiger partial charge is 0.317 e. The van der Waals surface area contributed by atoms with E-state index in [1.807, 2.05) is 23.6 Å². The number of thiophene rings is 1. The first kappa shape index (κ1) is 17.7. The third-order valence-electron chi connectivity index (χ3n) is 4.72. The van der Waals surface area contributed by atoms with Crippen molar-refractivity contribution in [2.75, 3.05) is 13.6 Å². The molecule has 2 N–H and O–H groups in total. The number of urea groups is 1. The molecule has 142 valence electrons. The van der Waals surface area contributed by atoms with Crippen LogP contribution in [0.3, 0.4) is 0 Å². The number of carbonyl (C=O) groups excluding carboxylic acids is 1. The number of nitrogens with one attached hydrogen (secondary N) is 2. The number of nitrogens with zero attached hydrogens (tertiary/aromatic N) is 4. The molecular weight excluding hydrogens is 364 g/mol. The van der Waals surface area contributed by atoms with Crippen LogP contribution in [0.25, 0.3) is 10.6 Å². The molecule has 4 rings (SSSR count). The third-order valence-corrected chi connectivity index (χ3v) is 5.61. The molecule has 0 saturated heterocycles. The number of aromatic amines is 1. The summed E-state index contributed by atoms with van der Waals surface area (Å²) < 4.78 is 5.29. The van der Waals surface area contributed by atoms with Gasteiger partial charge in [0, 0.05) is 25.9 Å². The SMILES string of the molecule is CN(Cc1cc(-c2cccs2)n[nH]1)C(=O)NCCc1noc(C2CCC2)n1. The standard InChI is InChI=1S/C18H22N6O2S/c1-24(11-13-10-14(22-21-13)15-6-3-9-27-15)18(25)19-8-7-16-20-17(26-23-16)12-4-2-5-12/h3,6,9-10,12H,2,4-5,7-8,11H2,1H3,(H,19,25)(H,21,22). The average Bonchev–Trinajstić information content (AvgIpc) is 3.34. The maximum Gasteiger partial charge on any atom is 0.317 e. The van der Waals surface area contributed by atoms with E-state index in [1.54, 1.807) is 23.3 Å². The van der Waals surface area contributed by atoms with Crippen LogP contribution in [-0.4, -0.2) is 44.9 Å². The minimum atomic E-state index is -0.148. The fourth-order valence-corrected chi connectivity index (χ4v) is 3.61. The fraction of sp³-hybridized carbons (Fsp3) is 0.444. The van der Waals surface area contributed by atoms with E-state index in [4.69, 9.17) is 4.52 Å². The molecule has 0 unspecified atom stereocenters. The molecule has 0 aromatic carbocycles. The van der Waals surface area contributed by atoms with Crippen LogP contribution in [0.15, 0.2) is 28.1 Å². The Bertz CT molecular complexity index is 883. The highest BCUT2D eigenvalue weighted by molar-refractivity contribution is 7.13. The van der Waals surface area contributed by atoms with E-state index in [0.717, 1.165) is 35.0 Å². The lowest BCUT2D eigenvalue weighted by atomic mass is 9.85. The molecule has 3 aromatic heterocycles. The number of amides is 2. The molecule has 1 fully saturated rings. The van der Waals surface area contributed by atoms with Crippen LogP contribution < -0.4 is 5.32 Å². The van der Waals surface area contributed by atoms with Gasteiger partial charge in [-0.2, -0.15) is 10.1 Å². The molecule has 1 aliphatic carbocycles. The topological polar surface area (TPSA) is 99.9 Å². The molecule has 0 aliphatic heterocycles. The number of hydrogen-bond acceptors (Lipinski definition) is 6. The molecule has 0 atom stereocenters. The molecule has 1 saturated carbocycles. The Morgan fingerprint density at radius 2 is 2.37 bits per heavy atom. The summed E-state index contributed by atoms with van der Waals surface area (Å²) in [6.45, 7) is 0.925. The molecule has 8 nitrogen and oxygen atoms in total. The van der Waals surface area contributed by atoms with Crippen molar-refractivity contribution in [1.29, 1.82) is 0 Å². The second-order valence-corrected chi connectivity index (χ2v) is 7.72. The monoisotopic (exact) mass is 386 g/mol. The Balaban J connectivity index is 1.22. The van der Waals surface area contributed by atoms with Crippen LogP contribution in [0, 0.1) is 0 Å². The maximum absolute atomic E-state index is 12.3. The lowest BCUT2D eigenvalue weighted by Crippen LogP contribution is -2.37. The predicted octanol–water partition coefficient (Wildman–Crippen LogP) is 3.17. The molecule has 3 aromatic rings. The highest BCUT2D eigenvalue weighted by Gasteiger charge is 2.25. The van der Waals surface area contributed by atoms with Crippen molar-refractivity contribution in [2.45, 2.75) is 38.1 Å². The summed E-state index contributed by atoms with van der Waals surface area (Å²) in [6, 6.07) is 5.84. The molecule has 0 bridgehead atoms. The zero-order valence-electron chi connectivity index (χ0n) is 15.1. The lowest BCUT2D eigenvalue weighted by Gasteiger charge is -2.20. The number of rotatable bonds is 7. The quantitative estimate of drug-likeness (QED) is 0.650. The Hall–Kier alpha value is -2.68. The van der Waals surface area contributed by atoms with Gasteiger partial charge in [0.1, 0.15) is 5.69 Å². The van der Waals surface area contributed by atoms with Gasteiger partial charge in [-0.15, -0.1) is 11.3 Å². The molecule has 2 amide bonds. The zero-order chi connectivity index (χ0) is 18.6. The third kappa shape index (κ3) is 4.19. The summed E-state index contributed by atoms with van der Waals surface area (Å²) >= 11 is 1.64. The molecule has 0 spiro atoms. The van der Waals surface area contributed by atoms with E-state index < -0.39 is 0 Å². The fourth-order valence-electron chi connectivity index (χ4n) is 2.93. The van der Waals surface area contributed by atoms with Crippen LogP contribution in [-0.2, 0) is 13.0 Å². The Labute approximate surface area is 161 Å². The molecule has 27 heavy (non-hydrogen) atoms. The molecule has 9 heteroatoms. The molecular formula is C18H22N6O2S. The summed E-state index contributed by atoms with van der Waals surface area (Å²) in [6.07, 6.45) is 4.05. The number of H-pyrrole nitrogens is 1. The van der Waals surface area contributed by atoms with Gasteiger partial charge in [-0.3, -0.25) is 5.10 Å². The first-order valence-corrected chi connectivity index (χ1v) is 9.96. The van der Waals surface area contributed by atoms with Gasteiger partial charge in [-0.25, -0.2) is 4.79 Å². The van der Waals surface area contributed by atoms with Gasteiger partial charge in [0.25, 0.3) is 0 Å². The summed E-state index contributed by atoms with van der Waals surface area (Å²) in [5, 5.41) is 16.2. The van der Waals surface area contributed by atoms with Crippen LogP contribution in [0.1, 0.15) is 42.6 Å². The van der Waals surface area contributed by atoms with Crippen molar-refractivity contribution in [3.8, 4) is 10.6 Å². The van der Waals surface area contributed by atoms with Crippen LogP contribution in [0.2, 0.25) is 0 Å². The maximum atomic E-state index is 12.3. The molecule has 0 radical (unpaired) electrons. The van der Waals surface area contributed by atoms with Crippen molar-refractivity contribution in [3.63, 3.8) is 0 Å². The van der Waals surface area contributed by atoms with E-state index >= 15 is 0 Å². The first-order chi connectivity index (χ1) is 13.2. The van der Waals surface area contributed by atoms with Gasteiger partial charge in [-0.1, -0.05) is 17.6 Å². The minimum Gasteiger partial charge on any atom is -0.339 e. The van der Waals surface area contributed by atoms with Gasteiger partial charge >= 0.3 is 6.03 Å². The summed E-state index contributed by atoms with van der Waals surface area (Å²) in [4.78, 5) is 19.4. The second-order valence-electron chi connectivity index (χ2n) is 6.77. The summed E-state index contributed by atoms with van der Waals surface area (Å²) in [5.74, 6) is 1.81. The minimum absolute atomic E-state index is 0.148. The van der Waals surface area contributed by atoms with Crippen molar-refractivity contribution in [3.05, 3.63) is 41.0 Å². The summed E-state index contributed by atoms with van der Waals surface area (Å²) in [7, 11) is 1.75. The van der Waals surface area contributed by atoms with Gasteiger partial charge in [-0.05, 0) is 30.4 Å². The average molecular weight is 386 g/mol. The highest BCUT2D eigenvalue weighted by atomic mass is 32.1. The Morgan fingerprint density at radius 3 is 3.11 bits per heavy atom. The predicted molar refractivity (Wildman–Crippen MR) is 101 cm³/mol. The number of aromatic nitrogens is 4. The second kappa shape index (κ2) is 7.91. The van der Waals surface area contributed by atoms with Gasteiger partial charge in [0.05, 0.1) is 17.1 Å². The molecule has 1 aliphatic rings. The largest absolute Gasteiger partial charge is 0.339 e. The number of hydrogen-bond donors (Lipinski definition) is 2. The van der Waals surface area contributed by atoms with Crippen molar-refractivity contribution in [1.82, 2.24) is 30.6 Å². The Morgan fingerprint density at radius 1 is 1.48 bits per heavy atom. The van der Waals surface area contributed by atoms with Crippen molar-refractivity contribution >= 4 is 17.4 Å². The summed E-state index contributed by atoms with van der Waals surface area (Å²) in [5.41, 5.74) is 1.78. The molecule has 3 heterocycles. The van der Waals surface area contributed by atoms with Crippen LogP contribution in [0.4, 0.5) is 4.79 Å². The zero-order valence-corrected chi connectivity index (χ0v) is 16.0.